The molecule has 1 aromatic heterocycles. The molecule has 0 radical (unpaired) electrons. The third kappa shape index (κ3) is 3.59. The molecule has 0 aliphatic carbocycles. The van der Waals surface area contributed by atoms with Crippen molar-refractivity contribution in [3.8, 4) is 11.3 Å². The van der Waals surface area contributed by atoms with Gasteiger partial charge in [0, 0.05) is 26.2 Å². The number of oxazole rings is 1. The number of imide groups is 1. The van der Waals surface area contributed by atoms with Crippen LogP contribution < -0.4 is 5.32 Å². The van der Waals surface area contributed by atoms with E-state index in [2.05, 4.69) is 10.3 Å². The average molecular weight is 451 g/mol. The molecule has 2 aromatic carbocycles. The quantitative estimate of drug-likeness (QED) is 0.550. The van der Waals surface area contributed by atoms with Crippen LogP contribution in [-0.2, 0) is 16.9 Å². The number of halogens is 3. The van der Waals surface area contributed by atoms with Crippen molar-refractivity contribution in [2.75, 3.05) is 0 Å². The Morgan fingerprint density at radius 1 is 1.10 bits per heavy atom. The summed E-state index contributed by atoms with van der Waals surface area (Å²) < 4.78 is 5.71. The smallest absolute Gasteiger partial charge is 0.325 e. The van der Waals surface area contributed by atoms with Gasteiger partial charge in [0.2, 0.25) is 5.89 Å². The molecule has 1 fully saturated rings. The molecule has 1 unspecified atom stereocenters. The van der Waals surface area contributed by atoms with Gasteiger partial charge in [0.15, 0.2) is 5.76 Å². The number of hydrogen-bond acceptors (Lipinski definition) is 4. The Bertz CT molecular complexity index is 1130. The van der Waals surface area contributed by atoms with Gasteiger partial charge in [0.05, 0.1) is 6.20 Å². The van der Waals surface area contributed by atoms with E-state index in [1.54, 1.807) is 37.3 Å². The van der Waals surface area contributed by atoms with Crippen molar-refractivity contribution in [3.63, 3.8) is 0 Å². The van der Waals surface area contributed by atoms with E-state index >= 15 is 0 Å². The topological polar surface area (TPSA) is 75.4 Å². The zero-order valence-electron chi connectivity index (χ0n) is 15.1. The summed E-state index contributed by atoms with van der Waals surface area (Å²) >= 11 is 18.2. The molecule has 1 aliphatic rings. The number of rotatable bonds is 4. The second-order valence-corrected chi connectivity index (χ2v) is 7.98. The minimum atomic E-state index is -1.32. The lowest BCUT2D eigenvalue weighted by molar-refractivity contribution is -0.131. The van der Waals surface area contributed by atoms with Crippen LogP contribution in [0.25, 0.3) is 11.3 Å². The molecule has 1 aliphatic heterocycles. The monoisotopic (exact) mass is 449 g/mol. The van der Waals surface area contributed by atoms with Crippen LogP contribution in [0.1, 0.15) is 18.4 Å². The molecule has 6 nitrogen and oxygen atoms in total. The first-order valence-electron chi connectivity index (χ1n) is 8.58. The lowest BCUT2D eigenvalue weighted by atomic mass is 9.92. The third-order valence-corrected chi connectivity index (χ3v) is 5.48. The molecule has 148 valence electrons. The van der Waals surface area contributed by atoms with Crippen molar-refractivity contribution in [2.24, 2.45) is 0 Å². The van der Waals surface area contributed by atoms with Crippen LogP contribution in [0, 0.1) is 0 Å². The van der Waals surface area contributed by atoms with Crippen LogP contribution in [0.4, 0.5) is 4.79 Å². The summed E-state index contributed by atoms with van der Waals surface area (Å²) in [4.78, 5) is 30.8. The lowest BCUT2D eigenvalue weighted by Gasteiger charge is -2.23. The Labute approximate surface area is 181 Å². The van der Waals surface area contributed by atoms with E-state index in [1.165, 1.54) is 12.3 Å². The molecule has 9 heteroatoms. The Hall–Kier alpha value is -2.54. The number of nitrogens with zero attached hydrogens (tertiary/aromatic N) is 2. The van der Waals surface area contributed by atoms with Gasteiger partial charge < -0.3 is 9.73 Å². The molecule has 0 bridgehead atoms. The average Bonchev–Trinajstić information content (AvgIpc) is 3.21. The van der Waals surface area contributed by atoms with Crippen LogP contribution in [0.3, 0.4) is 0 Å². The maximum atomic E-state index is 13.1. The summed E-state index contributed by atoms with van der Waals surface area (Å²) in [6.45, 7) is 1.47. The van der Waals surface area contributed by atoms with Crippen molar-refractivity contribution in [1.29, 1.82) is 0 Å². The van der Waals surface area contributed by atoms with E-state index in [1.807, 2.05) is 6.07 Å². The third-order valence-electron chi connectivity index (χ3n) is 4.70. The van der Waals surface area contributed by atoms with Crippen LogP contribution in [-0.4, -0.2) is 21.8 Å². The number of benzene rings is 2. The van der Waals surface area contributed by atoms with E-state index in [0.29, 0.717) is 21.4 Å². The van der Waals surface area contributed by atoms with Crippen LogP contribution in [0.5, 0.6) is 0 Å². The number of nitrogens with one attached hydrogen (secondary N) is 1. The molecule has 3 aromatic rings. The van der Waals surface area contributed by atoms with Gasteiger partial charge in [0.1, 0.15) is 12.1 Å². The second kappa shape index (κ2) is 7.37. The molecule has 3 amide bonds. The zero-order valence-corrected chi connectivity index (χ0v) is 17.3. The van der Waals surface area contributed by atoms with Gasteiger partial charge in [0.25, 0.3) is 5.91 Å². The molecule has 2 heterocycles. The van der Waals surface area contributed by atoms with Crippen molar-refractivity contribution in [1.82, 2.24) is 15.2 Å². The van der Waals surface area contributed by atoms with Crippen LogP contribution in [0.2, 0.25) is 15.1 Å². The molecular formula is C20H14Cl3N3O3. The molecular weight excluding hydrogens is 437 g/mol. The van der Waals surface area contributed by atoms with Gasteiger partial charge in [-0.3, -0.25) is 9.69 Å². The van der Waals surface area contributed by atoms with Gasteiger partial charge in [-0.1, -0.05) is 53.0 Å². The first-order valence-corrected chi connectivity index (χ1v) is 9.71. The standard InChI is InChI=1S/C20H14Cl3N3O3/c1-20(14-6-5-13(22)8-15(14)23)18(27)26(19(28)25-20)10-17-24-9-16(29-17)11-3-2-4-12(21)7-11/h2-9H,10H2,1H3,(H,25,28). The zero-order chi connectivity index (χ0) is 20.8. The predicted molar refractivity (Wildman–Crippen MR) is 110 cm³/mol. The van der Waals surface area contributed by atoms with Crippen molar-refractivity contribution >= 4 is 46.7 Å². The second-order valence-electron chi connectivity index (χ2n) is 6.70. The number of hydrogen-bond donors (Lipinski definition) is 1. The highest BCUT2D eigenvalue weighted by molar-refractivity contribution is 6.35. The Kier molecular flexibility index (Phi) is 5.02. The Balaban J connectivity index is 1.59. The highest BCUT2D eigenvalue weighted by Crippen LogP contribution is 2.35. The van der Waals surface area contributed by atoms with E-state index in [0.717, 1.165) is 10.5 Å². The predicted octanol–water partition coefficient (Wildman–Crippen LogP) is 5.27. The maximum absolute atomic E-state index is 13.1. The Morgan fingerprint density at radius 3 is 2.59 bits per heavy atom. The molecule has 4 rings (SSSR count). The van der Waals surface area contributed by atoms with Crippen LogP contribution in [0.15, 0.2) is 53.1 Å². The fraction of sp³-hybridized carbons (Fsp3) is 0.150. The summed E-state index contributed by atoms with van der Waals surface area (Å²) in [7, 11) is 0. The van der Waals surface area contributed by atoms with E-state index < -0.39 is 17.5 Å². The van der Waals surface area contributed by atoms with Gasteiger partial charge in [-0.25, -0.2) is 9.78 Å². The SMILES string of the molecule is CC1(c2ccc(Cl)cc2Cl)NC(=O)N(Cc2ncc(-c3cccc(Cl)c3)o2)C1=O. The molecule has 0 saturated carbocycles. The van der Waals surface area contributed by atoms with E-state index in [4.69, 9.17) is 39.2 Å². The van der Waals surface area contributed by atoms with Crippen LogP contribution >= 0.6 is 34.8 Å². The van der Waals surface area contributed by atoms with Crippen molar-refractivity contribution < 1.29 is 14.0 Å². The number of urea groups is 1. The summed E-state index contributed by atoms with van der Waals surface area (Å²) in [5.74, 6) is 0.238. The highest BCUT2D eigenvalue weighted by Gasteiger charge is 2.50. The number of amides is 3. The summed E-state index contributed by atoms with van der Waals surface area (Å²) in [5.41, 5.74) is -0.121. The highest BCUT2D eigenvalue weighted by atomic mass is 35.5. The minimum Gasteiger partial charge on any atom is -0.439 e. The first kappa shape index (κ1) is 19.8. The largest absolute Gasteiger partial charge is 0.439 e. The molecule has 1 N–H and O–H groups in total. The minimum absolute atomic E-state index is 0.119. The molecule has 1 atom stereocenters. The van der Waals surface area contributed by atoms with Crippen molar-refractivity contribution in [2.45, 2.75) is 19.0 Å². The summed E-state index contributed by atoms with van der Waals surface area (Å²) in [6, 6.07) is 11.3. The number of carbonyl (C=O) groups is 2. The fourth-order valence-electron chi connectivity index (χ4n) is 3.21. The van der Waals surface area contributed by atoms with Gasteiger partial charge in [-0.2, -0.15) is 0 Å². The maximum Gasteiger partial charge on any atom is 0.325 e. The fourth-order valence-corrected chi connectivity index (χ4v) is 4.00. The Morgan fingerprint density at radius 2 is 1.86 bits per heavy atom. The molecule has 0 spiro atoms. The lowest BCUT2D eigenvalue weighted by Crippen LogP contribution is -2.41. The number of aromatic nitrogens is 1. The van der Waals surface area contributed by atoms with Gasteiger partial charge in [-0.15, -0.1) is 0 Å². The summed E-state index contributed by atoms with van der Waals surface area (Å²) in [6.07, 6.45) is 1.52. The molecule has 1 saturated heterocycles. The molecule has 29 heavy (non-hydrogen) atoms. The van der Waals surface area contributed by atoms with E-state index in [-0.39, 0.29) is 17.5 Å². The first-order chi connectivity index (χ1) is 13.8. The van der Waals surface area contributed by atoms with Crippen molar-refractivity contribution in [3.05, 3.63) is 75.2 Å². The van der Waals surface area contributed by atoms with Gasteiger partial charge >= 0.3 is 6.03 Å². The number of carbonyl (C=O) groups excluding carboxylic acids is 2. The van der Waals surface area contributed by atoms with E-state index in [9.17, 15) is 9.59 Å². The van der Waals surface area contributed by atoms with Gasteiger partial charge in [-0.05, 0) is 31.2 Å². The summed E-state index contributed by atoms with van der Waals surface area (Å²) in [5, 5.41) is 3.98. The normalized spacial score (nSPS) is 19.0.